The van der Waals surface area contributed by atoms with Crippen LogP contribution in [0.4, 0.5) is 5.69 Å². The quantitative estimate of drug-likeness (QED) is 0.637. The van der Waals surface area contributed by atoms with Gasteiger partial charge in [-0.05, 0) is 18.9 Å². The van der Waals surface area contributed by atoms with E-state index in [1.54, 1.807) is 6.92 Å². The smallest absolute Gasteiger partial charge is 0.273 e. The summed E-state index contributed by atoms with van der Waals surface area (Å²) in [6, 6.07) is 7.61. The SMILES string of the molecule is CC(C)[C@](C)(C#N)NC(=O)COc1cccc([N+](=O)[O-])c1. The third-order valence-electron chi connectivity index (χ3n) is 3.18. The minimum absolute atomic E-state index is 0.0655. The number of carbonyl (C=O) groups is 1. The van der Waals surface area contributed by atoms with Crippen LogP contribution in [-0.2, 0) is 4.79 Å². The van der Waals surface area contributed by atoms with Crippen LogP contribution < -0.4 is 10.1 Å². The molecule has 0 saturated heterocycles. The van der Waals surface area contributed by atoms with Crippen LogP contribution in [0, 0.1) is 27.4 Å². The number of ether oxygens (including phenoxy) is 1. The summed E-state index contributed by atoms with van der Waals surface area (Å²) in [5, 5.41) is 22.3. The lowest BCUT2D eigenvalue weighted by Gasteiger charge is -2.27. The number of nitriles is 1. The molecule has 1 rings (SSSR count). The van der Waals surface area contributed by atoms with Gasteiger partial charge in [-0.25, -0.2) is 0 Å². The number of nitro benzene ring substituents is 1. The maximum absolute atomic E-state index is 11.8. The second kappa shape index (κ2) is 6.70. The molecule has 1 N–H and O–H groups in total. The van der Waals surface area contributed by atoms with Gasteiger partial charge in [0.15, 0.2) is 6.61 Å². The average molecular weight is 291 g/mol. The molecule has 1 amide bonds. The molecule has 1 aromatic carbocycles. The Morgan fingerprint density at radius 2 is 2.24 bits per heavy atom. The van der Waals surface area contributed by atoms with E-state index in [2.05, 4.69) is 11.4 Å². The fraction of sp³-hybridized carbons (Fsp3) is 0.429. The molecule has 21 heavy (non-hydrogen) atoms. The zero-order valence-corrected chi connectivity index (χ0v) is 12.1. The van der Waals surface area contributed by atoms with E-state index in [1.165, 1.54) is 24.3 Å². The van der Waals surface area contributed by atoms with Crippen molar-refractivity contribution in [3.05, 3.63) is 34.4 Å². The third kappa shape index (κ3) is 4.45. The van der Waals surface area contributed by atoms with Crippen LogP contribution in [0.5, 0.6) is 5.75 Å². The van der Waals surface area contributed by atoms with E-state index in [-0.39, 0.29) is 24.0 Å². The molecule has 0 aromatic heterocycles. The molecule has 0 saturated carbocycles. The van der Waals surface area contributed by atoms with E-state index in [0.717, 1.165) is 0 Å². The minimum Gasteiger partial charge on any atom is -0.484 e. The number of amides is 1. The molecular formula is C14H17N3O4. The first-order valence-electron chi connectivity index (χ1n) is 6.38. The molecule has 1 aromatic rings. The van der Waals surface area contributed by atoms with Gasteiger partial charge in [0.05, 0.1) is 17.1 Å². The lowest BCUT2D eigenvalue weighted by Crippen LogP contribution is -2.50. The Kier molecular flexibility index (Phi) is 5.24. The van der Waals surface area contributed by atoms with E-state index >= 15 is 0 Å². The maximum atomic E-state index is 11.8. The lowest BCUT2D eigenvalue weighted by atomic mass is 9.90. The first-order valence-corrected chi connectivity index (χ1v) is 6.38. The van der Waals surface area contributed by atoms with Gasteiger partial charge in [-0.15, -0.1) is 0 Å². The third-order valence-corrected chi connectivity index (χ3v) is 3.18. The van der Waals surface area contributed by atoms with Crippen LogP contribution in [0.3, 0.4) is 0 Å². The number of hydrogen-bond acceptors (Lipinski definition) is 5. The van der Waals surface area contributed by atoms with Crippen molar-refractivity contribution in [1.29, 1.82) is 5.26 Å². The molecule has 7 nitrogen and oxygen atoms in total. The second-order valence-corrected chi connectivity index (χ2v) is 5.06. The summed E-state index contributed by atoms with van der Waals surface area (Å²) in [7, 11) is 0. The van der Waals surface area contributed by atoms with Crippen molar-refractivity contribution in [2.75, 3.05) is 6.61 Å². The number of benzene rings is 1. The number of hydrogen-bond donors (Lipinski definition) is 1. The molecule has 0 aliphatic rings. The van der Waals surface area contributed by atoms with Gasteiger partial charge in [0, 0.05) is 6.07 Å². The molecule has 0 spiro atoms. The molecule has 0 heterocycles. The average Bonchev–Trinajstić information content (AvgIpc) is 2.45. The standard InChI is InChI=1S/C14H17N3O4/c1-10(2)14(3,9-15)16-13(18)8-21-12-6-4-5-11(7-12)17(19)20/h4-7,10H,8H2,1-3H3,(H,16,18)/t14-/m0/s1. The normalized spacial score (nSPS) is 13.1. The van der Waals surface area contributed by atoms with Gasteiger partial charge in [-0.3, -0.25) is 14.9 Å². The Balaban J connectivity index is 2.64. The monoisotopic (exact) mass is 291 g/mol. The van der Waals surface area contributed by atoms with Gasteiger partial charge in [0.2, 0.25) is 0 Å². The van der Waals surface area contributed by atoms with Crippen molar-refractivity contribution in [3.63, 3.8) is 0 Å². The highest BCUT2D eigenvalue weighted by molar-refractivity contribution is 5.78. The molecule has 0 aliphatic carbocycles. The van der Waals surface area contributed by atoms with Crippen LogP contribution >= 0.6 is 0 Å². The Morgan fingerprint density at radius 3 is 2.76 bits per heavy atom. The summed E-state index contributed by atoms with van der Waals surface area (Å²) in [6.07, 6.45) is 0. The molecule has 0 radical (unpaired) electrons. The zero-order valence-electron chi connectivity index (χ0n) is 12.1. The number of nitrogens with one attached hydrogen (secondary N) is 1. The summed E-state index contributed by atoms with van der Waals surface area (Å²) >= 11 is 0. The summed E-state index contributed by atoms with van der Waals surface area (Å²) in [5.74, 6) is -0.300. The minimum atomic E-state index is -0.983. The highest BCUT2D eigenvalue weighted by Gasteiger charge is 2.30. The van der Waals surface area contributed by atoms with E-state index < -0.39 is 16.4 Å². The first kappa shape index (κ1) is 16.4. The maximum Gasteiger partial charge on any atom is 0.273 e. The molecule has 0 fully saturated rings. The van der Waals surface area contributed by atoms with Crippen LogP contribution in [0.1, 0.15) is 20.8 Å². The Morgan fingerprint density at radius 1 is 1.57 bits per heavy atom. The highest BCUT2D eigenvalue weighted by atomic mass is 16.6. The van der Waals surface area contributed by atoms with Crippen molar-refractivity contribution in [3.8, 4) is 11.8 Å². The van der Waals surface area contributed by atoms with Crippen LogP contribution in [-0.4, -0.2) is 23.0 Å². The fourth-order valence-electron chi connectivity index (χ4n) is 1.46. The summed E-state index contributed by atoms with van der Waals surface area (Å²) in [5.41, 5.74) is -1.10. The molecule has 0 unspecified atom stereocenters. The van der Waals surface area contributed by atoms with Crippen LogP contribution in [0.15, 0.2) is 24.3 Å². The fourth-order valence-corrected chi connectivity index (χ4v) is 1.46. The van der Waals surface area contributed by atoms with E-state index in [9.17, 15) is 14.9 Å². The molecule has 0 bridgehead atoms. The van der Waals surface area contributed by atoms with Crippen molar-refractivity contribution in [2.24, 2.45) is 5.92 Å². The summed E-state index contributed by atoms with van der Waals surface area (Å²) in [6.45, 7) is 4.96. The van der Waals surface area contributed by atoms with Crippen molar-refractivity contribution < 1.29 is 14.5 Å². The Bertz CT molecular complexity index is 580. The topological polar surface area (TPSA) is 105 Å². The highest BCUT2D eigenvalue weighted by Crippen LogP contribution is 2.19. The number of carbonyl (C=O) groups excluding carboxylic acids is 1. The molecule has 1 atom stereocenters. The zero-order chi connectivity index (χ0) is 16.0. The van der Waals surface area contributed by atoms with E-state index in [4.69, 9.17) is 10.00 Å². The molecule has 112 valence electrons. The van der Waals surface area contributed by atoms with Crippen LogP contribution in [0.25, 0.3) is 0 Å². The first-order chi connectivity index (χ1) is 9.78. The summed E-state index contributed by atoms with van der Waals surface area (Å²) in [4.78, 5) is 21.9. The van der Waals surface area contributed by atoms with Gasteiger partial charge in [0.1, 0.15) is 11.3 Å². The van der Waals surface area contributed by atoms with Gasteiger partial charge in [0.25, 0.3) is 11.6 Å². The Labute approximate surface area is 122 Å². The van der Waals surface area contributed by atoms with Gasteiger partial charge in [-0.2, -0.15) is 5.26 Å². The number of non-ortho nitro benzene ring substituents is 1. The predicted octanol–water partition coefficient (Wildman–Crippen LogP) is 2.03. The van der Waals surface area contributed by atoms with Crippen molar-refractivity contribution in [2.45, 2.75) is 26.3 Å². The number of nitro groups is 1. The molecular weight excluding hydrogens is 274 g/mol. The van der Waals surface area contributed by atoms with E-state index in [1.807, 2.05) is 13.8 Å². The largest absolute Gasteiger partial charge is 0.484 e. The van der Waals surface area contributed by atoms with Crippen molar-refractivity contribution >= 4 is 11.6 Å². The number of rotatable bonds is 6. The van der Waals surface area contributed by atoms with Gasteiger partial charge < -0.3 is 10.1 Å². The Hall–Kier alpha value is -2.62. The molecule has 0 aliphatic heterocycles. The van der Waals surface area contributed by atoms with E-state index in [0.29, 0.717) is 0 Å². The van der Waals surface area contributed by atoms with Crippen molar-refractivity contribution in [1.82, 2.24) is 5.32 Å². The molecule has 7 heteroatoms. The van der Waals surface area contributed by atoms with Crippen LogP contribution in [0.2, 0.25) is 0 Å². The van der Waals surface area contributed by atoms with Gasteiger partial charge >= 0.3 is 0 Å². The number of nitrogens with zero attached hydrogens (tertiary/aromatic N) is 2. The van der Waals surface area contributed by atoms with Gasteiger partial charge in [-0.1, -0.05) is 19.9 Å². The lowest BCUT2D eigenvalue weighted by molar-refractivity contribution is -0.384. The second-order valence-electron chi connectivity index (χ2n) is 5.06. The summed E-state index contributed by atoms with van der Waals surface area (Å²) < 4.78 is 5.20. The predicted molar refractivity (Wildman–Crippen MR) is 75.6 cm³/mol.